The van der Waals surface area contributed by atoms with Crippen molar-refractivity contribution in [1.82, 2.24) is 0 Å². The Hall–Kier alpha value is -2.49. The third-order valence-electron chi connectivity index (χ3n) is 3.15. The van der Waals surface area contributed by atoms with E-state index in [4.69, 9.17) is 9.84 Å². The van der Waals surface area contributed by atoms with Crippen LogP contribution in [0.3, 0.4) is 0 Å². The zero-order valence-corrected chi connectivity index (χ0v) is 13.3. The maximum absolute atomic E-state index is 10.2. The van der Waals surface area contributed by atoms with E-state index in [9.17, 15) is 9.90 Å². The molecule has 0 heterocycles. The van der Waals surface area contributed by atoms with Gasteiger partial charge < -0.3 is 14.9 Å². The number of phenols is 2. The number of ether oxygens (including phenoxy) is 1. The third-order valence-corrected chi connectivity index (χ3v) is 3.15. The first-order chi connectivity index (χ1) is 10.4. The van der Waals surface area contributed by atoms with Gasteiger partial charge in [-0.15, -0.1) is 0 Å². The molecule has 0 aliphatic rings. The molecule has 0 amide bonds. The van der Waals surface area contributed by atoms with Gasteiger partial charge in [0.15, 0.2) is 11.5 Å². The first-order valence-electron chi connectivity index (χ1n) is 7.00. The number of phenolic OH excluding ortho intramolecular Hbond substituents is 2. The molecule has 0 aliphatic heterocycles. The molecule has 2 N–H and O–H groups in total. The van der Waals surface area contributed by atoms with Crippen LogP contribution in [-0.2, 0) is 0 Å². The van der Waals surface area contributed by atoms with Crippen LogP contribution in [0.25, 0.3) is 0 Å². The summed E-state index contributed by atoms with van der Waals surface area (Å²) in [6.07, 6.45) is 0.696. The fraction of sp³-hybridized carbons (Fsp3) is 0.278. The first kappa shape index (κ1) is 17.6. The first-order valence-corrected chi connectivity index (χ1v) is 7.00. The zero-order chi connectivity index (χ0) is 16.7. The van der Waals surface area contributed by atoms with Gasteiger partial charge in [0, 0.05) is 5.56 Å². The molecule has 0 saturated carbocycles. The van der Waals surface area contributed by atoms with Gasteiger partial charge in [-0.3, -0.25) is 4.79 Å². The van der Waals surface area contributed by atoms with Crippen molar-refractivity contribution < 1.29 is 19.7 Å². The highest BCUT2D eigenvalue weighted by Crippen LogP contribution is 2.26. The number of aromatic hydroxyl groups is 2. The molecule has 0 radical (unpaired) electrons. The summed E-state index contributed by atoms with van der Waals surface area (Å²) >= 11 is 0. The highest BCUT2D eigenvalue weighted by atomic mass is 16.5. The summed E-state index contributed by atoms with van der Waals surface area (Å²) in [5, 5.41) is 18.6. The Kier molecular flexibility index (Phi) is 6.45. The predicted octanol–water partition coefficient (Wildman–Crippen LogP) is 4.04. The molecule has 2 aromatic carbocycles. The van der Waals surface area contributed by atoms with E-state index in [1.807, 2.05) is 19.1 Å². The number of carbonyl (C=O) groups is 1. The van der Waals surface area contributed by atoms with Crippen molar-refractivity contribution >= 4 is 6.29 Å². The summed E-state index contributed by atoms with van der Waals surface area (Å²) in [6.45, 7) is 6.12. The Bertz CT molecular complexity index is 633. The van der Waals surface area contributed by atoms with Gasteiger partial charge >= 0.3 is 0 Å². The van der Waals surface area contributed by atoms with Crippen molar-refractivity contribution in [3.63, 3.8) is 0 Å². The van der Waals surface area contributed by atoms with Crippen molar-refractivity contribution in [3.8, 4) is 17.2 Å². The second-order valence-electron chi connectivity index (χ2n) is 5.27. The Labute approximate surface area is 131 Å². The van der Waals surface area contributed by atoms with E-state index in [0.29, 0.717) is 29.3 Å². The number of rotatable bonds is 3. The van der Waals surface area contributed by atoms with Gasteiger partial charge in [0.1, 0.15) is 12.0 Å². The molecule has 0 bridgehead atoms. The minimum Gasteiger partial charge on any atom is -0.508 e. The molecule has 0 spiro atoms. The Morgan fingerprint density at radius 1 is 1.05 bits per heavy atom. The molecule has 0 aromatic heterocycles. The lowest BCUT2D eigenvalue weighted by molar-refractivity contribution is 0.112. The van der Waals surface area contributed by atoms with Crippen molar-refractivity contribution in [2.24, 2.45) is 0 Å². The van der Waals surface area contributed by atoms with Crippen molar-refractivity contribution in [2.75, 3.05) is 7.11 Å². The van der Waals surface area contributed by atoms with Crippen molar-refractivity contribution in [3.05, 3.63) is 53.1 Å². The molecule has 118 valence electrons. The van der Waals surface area contributed by atoms with E-state index in [1.54, 1.807) is 6.07 Å². The predicted molar refractivity (Wildman–Crippen MR) is 87.0 cm³/mol. The minimum atomic E-state index is 0.0399. The van der Waals surface area contributed by atoms with Crippen LogP contribution in [0, 0.1) is 6.92 Å². The number of hydrogen-bond donors (Lipinski definition) is 2. The topological polar surface area (TPSA) is 66.8 Å². The van der Waals surface area contributed by atoms with Crippen LogP contribution in [0.1, 0.15) is 41.3 Å². The van der Waals surface area contributed by atoms with Crippen LogP contribution in [0.15, 0.2) is 36.4 Å². The SMILES string of the molecule is COc1cc(C=O)ccc1O.Cc1ccc(C(C)C)c(O)c1. The van der Waals surface area contributed by atoms with E-state index in [0.717, 1.165) is 11.1 Å². The molecule has 0 fully saturated rings. The van der Waals surface area contributed by atoms with Crippen LogP contribution in [-0.4, -0.2) is 23.6 Å². The van der Waals surface area contributed by atoms with Crippen LogP contribution in [0.2, 0.25) is 0 Å². The van der Waals surface area contributed by atoms with E-state index in [-0.39, 0.29) is 5.75 Å². The average molecular weight is 302 g/mol. The maximum Gasteiger partial charge on any atom is 0.161 e. The Morgan fingerprint density at radius 2 is 1.73 bits per heavy atom. The Morgan fingerprint density at radius 3 is 2.23 bits per heavy atom. The number of aldehydes is 1. The number of methoxy groups -OCH3 is 1. The molecule has 0 saturated heterocycles. The van der Waals surface area contributed by atoms with E-state index in [1.165, 1.54) is 25.3 Å². The lowest BCUT2D eigenvalue weighted by atomic mass is 10.0. The van der Waals surface area contributed by atoms with Gasteiger partial charge in [0.05, 0.1) is 7.11 Å². The molecule has 0 unspecified atom stereocenters. The largest absolute Gasteiger partial charge is 0.508 e. The molecule has 4 nitrogen and oxygen atoms in total. The summed E-state index contributed by atoms with van der Waals surface area (Å²) in [7, 11) is 1.43. The lowest BCUT2D eigenvalue weighted by Crippen LogP contribution is -1.87. The van der Waals surface area contributed by atoms with Gasteiger partial charge in [0.25, 0.3) is 0 Å². The van der Waals surface area contributed by atoms with Crippen molar-refractivity contribution in [2.45, 2.75) is 26.7 Å². The number of hydrogen-bond acceptors (Lipinski definition) is 4. The van der Waals surface area contributed by atoms with E-state index in [2.05, 4.69) is 13.8 Å². The number of carbonyl (C=O) groups excluding carboxylic acids is 1. The highest BCUT2D eigenvalue weighted by Gasteiger charge is 2.04. The highest BCUT2D eigenvalue weighted by molar-refractivity contribution is 5.76. The van der Waals surface area contributed by atoms with Gasteiger partial charge in [-0.25, -0.2) is 0 Å². The van der Waals surface area contributed by atoms with Crippen LogP contribution >= 0.6 is 0 Å². The second kappa shape index (κ2) is 8.08. The summed E-state index contributed by atoms with van der Waals surface area (Å²) < 4.78 is 4.78. The van der Waals surface area contributed by atoms with Gasteiger partial charge in [0.2, 0.25) is 0 Å². The normalized spacial score (nSPS) is 9.86. The number of benzene rings is 2. The smallest absolute Gasteiger partial charge is 0.161 e. The molecular weight excluding hydrogens is 280 g/mol. The van der Waals surface area contributed by atoms with Gasteiger partial charge in [-0.1, -0.05) is 26.0 Å². The van der Waals surface area contributed by atoms with E-state index < -0.39 is 0 Å². The average Bonchev–Trinajstić information content (AvgIpc) is 2.48. The molecule has 2 aromatic rings. The zero-order valence-electron chi connectivity index (χ0n) is 13.3. The van der Waals surface area contributed by atoms with Crippen LogP contribution in [0.4, 0.5) is 0 Å². The van der Waals surface area contributed by atoms with Gasteiger partial charge in [-0.2, -0.15) is 0 Å². The Balaban J connectivity index is 0.000000220. The summed E-state index contributed by atoms with van der Waals surface area (Å²) in [5.41, 5.74) is 2.61. The molecular formula is C18H22O4. The maximum atomic E-state index is 10.2. The quantitative estimate of drug-likeness (QED) is 0.840. The lowest BCUT2D eigenvalue weighted by Gasteiger charge is -2.07. The monoisotopic (exact) mass is 302 g/mol. The number of aryl methyl sites for hydroxylation is 1. The molecule has 4 heteroatoms. The minimum absolute atomic E-state index is 0.0399. The summed E-state index contributed by atoms with van der Waals surface area (Å²) in [5.74, 6) is 1.17. The standard InChI is InChI=1S/C10H14O.C8H8O3/c1-7(2)9-5-4-8(3)6-10(9)11;1-11-8-4-6(5-9)2-3-7(8)10/h4-7,11H,1-3H3;2-5,10H,1H3. The van der Waals surface area contributed by atoms with Gasteiger partial charge in [-0.05, 0) is 48.2 Å². The fourth-order valence-corrected chi connectivity index (χ4v) is 1.91. The fourth-order valence-electron chi connectivity index (χ4n) is 1.91. The van der Waals surface area contributed by atoms with Crippen molar-refractivity contribution in [1.29, 1.82) is 0 Å². The molecule has 2 rings (SSSR count). The molecule has 22 heavy (non-hydrogen) atoms. The molecule has 0 atom stereocenters. The molecule has 0 aliphatic carbocycles. The second-order valence-corrected chi connectivity index (χ2v) is 5.27. The summed E-state index contributed by atoms with van der Waals surface area (Å²) in [6, 6.07) is 10.2. The third kappa shape index (κ3) is 4.81. The van der Waals surface area contributed by atoms with E-state index >= 15 is 0 Å². The van der Waals surface area contributed by atoms with Crippen LogP contribution in [0.5, 0.6) is 17.2 Å². The van der Waals surface area contributed by atoms with Crippen LogP contribution < -0.4 is 4.74 Å². The summed E-state index contributed by atoms with van der Waals surface area (Å²) in [4.78, 5) is 10.2.